The number of anilines is 6. The molecule has 0 aromatic heterocycles. The Kier molecular flexibility index (Phi) is 14.8. The maximum Gasteiger partial charge on any atom is 0.0493 e. The molecule has 0 fully saturated rings. The molecule has 12 aromatic carbocycles. The van der Waals surface area contributed by atoms with Crippen LogP contribution in [-0.4, -0.2) is 0 Å². The predicted octanol–water partition coefficient (Wildman–Crippen LogP) is 25.7. The molecule has 1 aliphatic carbocycles. The van der Waals surface area contributed by atoms with E-state index in [0.717, 1.165) is 11.4 Å². The molecular formula is C88H86N2. The number of hydrogen-bond acceptors (Lipinski definition) is 2. The van der Waals surface area contributed by atoms with E-state index in [9.17, 15) is 0 Å². The number of hydrogen-bond donors (Lipinski definition) is 0. The van der Waals surface area contributed by atoms with Gasteiger partial charge in [0, 0.05) is 34.1 Å². The lowest BCUT2D eigenvalue weighted by Crippen LogP contribution is -2.18. The minimum absolute atomic E-state index is 0.0641. The lowest BCUT2D eigenvalue weighted by Gasteiger charge is -2.38. The van der Waals surface area contributed by atoms with Gasteiger partial charge in [-0.05, 0) is 231 Å². The van der Waals surface area contributed by atoms with Crippen molar-refractivity contribution in [2.45, 2.75) is 132 Å². The van der Waals surface area contributed by atoms with Crippen LogP contribution in [0.25, 0.3) is 88.3 Å². The SMILES string of the molecule is Cc1ccc(C(C)(C)C)cc1N(c1ccc2c(-c3ccccc3)c3c(c(-c4ccccc4)c2c1)-c1c-3c(-c2ccccc2)c2ccc(N(c3cc(C(C)(C)C)ccc3C)c3cc(C(C)(C)C)ccc3C)cc2c1-c1ccccc1)c1cc(C(C)(C)C)ccc1C. The lowest BCUT2D eigenvalue weighted by atomic mass is 9.65. The minimum atomic E-state index is -0.0641. The van der Waals surface area contributed by atoms with Crippen molar-refractivity contribution in [1.82, 2.24) is 0 Å². The molecule has 0 amide bonds. The van der Waals surface area contributed by atoms with Gasteiger partial charge in [-0.25, -0.2) is 0 Å². The summed E-state index contributed by atoms with van der Waals surface area (Å²) in [6, 6.07) is 88.2. The standard InChI is InChI=1S/C88H86N2/c1-55-37-41-63(85(5,6)7)49-73(55)89(74-50-64(86(8,9)10)42-38-56(74)2)67-45-47-69-71(53-67)79(61-33-25-19-26-34-61)83-81(77(69)59-29-21-17-22-30-59)82-78(60-31-23-18-24-32-60)70-48-46-68(54-72(70)80(84(82)83)62-35-27-20-28-36-62)90(75-51-65(87(11,12)13)43-39-57(75)3)76-52-66(88(14,15)16)44-40-58(76)4/h17-54H,1-16H3. The van der Waals surface area contributed by atoms with E-state index in [1.54, 1.807) is 0 Å². The van der Waals surface area contributed by atoms with Crippen molar-refractivity contribution in [3.8, 4) is 66.8 Å². The highest BCUT2D eigenvalue weighted by atomic mass is 15.2. The van der Waals surface area contributed by atoms with Crippen molar-refractivity contribution in [2.75, 3.05) is 9.80 Å². The van der Waals surface area contributed by atoms with E-state index in [0.29, 0.717) is 0 Å². The molecule has 0 heterocycles. The topological polar surface area (TPSA) is 6.48 Å². The molecule has 0 radical (unpaired) electrons. The van der Waals surface area contributed by atoms with Gasteiger partial charge in [0.1, 0.15) is 0 Å². The highest BCUT2D eigenvalue weighted by Gasteiger charge is 2.39. The van der Waals surface area contributed by atoms with E-state index >= 15 is 0 Å². The van der Waals surface area contributed by atoms with Crippen molar-refractivity contribution in [2.24, 2.45) is 0 Å². The average Bonchev–Trinajstić information content (AvgIpc) is 0.671. The van der Waals surface area contributed by atoms with Crippen LogP contribution in [-0.2, 0) is 21.7 Å². The average molecular weight is 1170 g/mol. The third-order valence-electron chi connectivity index (χ3n) is 19.1. The van der Waals surface area contributed by atoms with Gasteiger partial charge in [0.15, 0.2) is 0 Å². The molecule has 0 saturated carbocycles. The summed E-state index contributed by atoms with van der Waals surface area (Å²) in [5.74, 6) is 0. The van der Waals surface area contributed by atoms with Crippen molar-refractivity contribution in [3.05, 3.63) is 275 Å². The second kappa shape index (κ2) is 22.4. The van der Waals surface area contributed by atoms with Crippen LogP contribution in [0.15, 0.2) is 231 Å². The van der Waals surface area contributed by atoms with Crippen molar-refractivity contribution < 1.29 is 0 Å². The van der Waals surface area contributed by atoms with E-state index in [4.69, 9.17) is 0 Å². The second-order valence-corrected chi connectivity index (χ2v) is 29.6. The summed E-state index contributed by atoms with van der Waals surface area (Å²) < 4.78 is 0. The first-order valence-corrected chi connectivity index (χ1v) is 32.4. The van der Waals surface area contributed by atoms with Crippen LogP contribution < -0.4 is 9.80 Å². The Bertz CT molecular complexity index is 4320. The summed E-state index contributed by atoms with van der Waals surface area (Å²) in [4.78, 5) is 5.14. The summed E-state index contributed by atoms with van der Waals surface area (Å²) in [6.45, 7) is 37.0. The zero-order valence-electron chi connectivity index (χ0n) is 55.8. The first-order chi connectivity index (χ1) is 42.9. The Morgan fingerprint density at radius 1 is 0.211 bits per heavy atom. The van der Waals surface area contributed by atoms with Gasteiger partial charge in [-0.3, -0.25) is 0 Å². The van der Waals surface area contributed by atoms with Crippen LogP contribution in [0.4, 0.5) is 34.1 Å². The molecule has 0 atom stereocenters. The van der Waals surface area contributed by atoms with Crippen LogP contribution in [0.1, 0.15) is 128 Å². The Labute approximate surface area is 536 Å². The third-order valence-corrected chi connectivity index (χ3v) is 19.1. The number of rotatable bonds is 10. The van der Waals surface area contributed by atoms with E-state index in [-0.39, 0.29) is 21.7 Å². The monoisotopic (exact) mass is 1170 g/mol. The lowest BCUT2D eigenvalue weighted by molar-refractivity contribution is 0.589. The van der Waals surface area contributed by atoms with Crippen LogP contribution >= 0.6 is 0 Å². The first-order valence-electron chi connectivity index (χ1n) is 32.4. The van der Waals surface area contributed by atoms with Crippen LogP contribution in [0.3, 0.4) is 0 Å². The molecule has 13 rings (SSSR count). The molecule has 2 nitrogen and oxygen atoms in total. The molecule has 448 valence electrons. The Morgan fingerprint density at radius 2 is 0.433 bits per heavy atom. The van der Waals surface area contributed by atoms with Gasteiger partial charge in [0.25, 0.3) is 0 Å². The molecular weight excluding hydrogens is 1080 g/mol. The summed E-state index contributed by atoms with van der Waals surface area (Å²) in [7, 11) is 0. The number of aryl methyl sites for hydroxylation is 4. The van der Waals surface area contributed by atoms with Crippen LogP contribution in [0.5, 0.6) is 0 Å². The van der Waals surface area contributed by atoms with Gasteiger partial charge in [0.05, 0.1) is 0 Å². The number of fused-ring (bicyclic) bond motifs is 6. The van der Waals surface area contributed by atoms with E-state index in [1.807, 2.05) is 0 Å². The summed E-state index contributed by atoms with van der Waals surface area (Å²) in [5, 5.41) is 4.87. The van der Waals surface area contributed by atoms with Crippen molar-refractivity contribution >= 4 is 55.7 Å². The van der Waals surface area contributed by atoms with E-state index in [2.05, 4.69) is 351 Å². The van der Waals surface area contributed by atoms with Crippen molar-refractivity contribution in [3.63, 3.8) is 0 Å². The first kappa shape index (κ1) is 59.7. The molecule has 0 unspecified atom stereocenters. The van der Waals surface area contributed by atoms with Gasteiger partial charge in [-0.1, -0.05) is 265 Å². The predicted molar refractivity (Wildman–Crippen MR) is 391 cm³/mol. The summed E-state index contributed by atoms with van der Waals surface area (Å²) in [5.41, 5.74) is 31.8. The van der Waals surface area contributed by atoms with Gasteiger partial charge < -0.3 is 9.80 Å². The highest BCUT2D eigenvalue weighted by molar-refractivity contribution is 6.33. The zero-order valence-corrected chi connectivity index (χ0v) is 55.8. The molecule has 0 aliphatic heterocycles. The Hall–Kier alpha value is -9.24. The smallest absolute Gasteiger partial charge is 0.0493 e. The zero-order chi connectivity index (χ0) is 63.3. The maximum absolute atomic E-state index is 2.57. The van der Waals surface area contributed by atoms with E-state index < -0.39 is 0 Å². The van der Waals surface area contributed by atoms with Gasteiger partial charge >= 0.3 is 0 Å². The van der Waals surface area contributed by atoms with Crippen LogP contribution in [0.2, 0.25) is 0 Å². The Balaban J connectivity index is 1.20. The van der Waals surface area contributed by atoms with Gasteiger partial charge in [-0.15, -0.1) is 0 Å². The number of benzene rings is 12. The minimum Gasteiger partial charge on any atom is -0.310 e. The molecule has 0 N–H and O–H groups in total. The number of nitrogens with zero attached hydrogens (tertiary/aromatic N) is 2. The molecule has 0 spiro atoms. The fraction of sp³-hybridized carbons (Fsp3) is 0.227. The molecule has 2 heteroatoms. The van der Waals surface area contributed by atoms with Gasteiger partial charge in [-0.2, -0.15) is 0 Å². The summed E-state index contributed by atoms with van der Waals surface area (Å²) >= 11 is 0. The third kappa shape index (κ3) is 10.5. The largest absolute Gasteiger partial charge is 0.310 e. The van der Waals surface area contributed by atoms with Crippen LogP contribution in [0, 0.1) is 27.7 Å². The molecule has 0 bridgehead atoms. The van der Waals surface area contributed by atoms with Gasteiger partial charge in [0.2, 0.25) is 0 Å². The normalized spacial score (nSPS) is 12.4. The fourth-order valence-corrected chi connectivity index (χ4v) is 13.9. The molecule has 90 heavy (non-hydrogen) atoms. The highest BCUT2D eigenvalue weighted by Crippen LogP contribution is 2.66. The second-order valence-electron chi connectivity index (χ2n) is 29.6. The molecule has 1 aliphatic rings. The molecule has 0 saturated heterocycles. The maximum atomic E-state index is 2.57. The molecule has 12 aromatic rings. The van der Waals surface area contributed by atoms with Crippen molar-refractivity contribution in [1.29, 1.82) is 0 Å². The van der Waals surface area contributed by atoms with E-state index in [1.165, 1.54) is 156 Å². The fourth-order valence-electron chi connectivity index (χ4n) is 13.9. The quantitative estimate of drug-likeness (QED) is 0.135. The summed E-state index contributed by atoms with van der Waals surface area (Å²) in [6.07, 6.45) is 0. The Morgan fingerprint density at radius 3 is 0.656 bits per heavy atom.